The summed E-state index contributed by atoms with van der Waals surface area (Å²) in [4.78, 5) is 0.422. The summed E-state index contributed by atoms with van der Waals surface area (Å²) in [6.45, 7) is 6.86. The summed E-state index contributed by atoms with van der Waals surface area (Å²) in [5.74, 6) is 0.422. The topological polar surface area (TPSA) is 37.4 Å². The van der Waals surface area contributed by atoms with Crippen LogP contribution in [-0.2, 0) is 10.0 Å². The van der Waals surface area contributed by atoms with Crippen molar-refractivity contribution in [3.8, 4) is 0 Å². The van der Waals surface area contributed by atoms with Gasteiger partial charge in [0.1, 0.15) is 0 Å². The smallest absolute Gasteiger partial charge is 0.207 e. The molecule has 19 heavy (non-hydrogen) atoms. The molecule has 0 saturated carbocycles. The zero-order valence-corrected chi connectivity index (χ0v) is 12.8. The standard InChI is InChI=1S/C15H23NO2S/c1-12(2)14-7-9-15(10-8-14)19(17,18)16-11-5-4-6-13(16)3/h7-10,12-13H,4-6,11H2,1-3H3/t13-/m0/s1. The summed E-state index contributed by atoms with van der Waals surface area (Å²) in [6.07, 6.45) is 3.05. The first-order chi connectivity index (χ1) is 8.93. The van der Waals surface area contributed by atoms with Crippen molar-refractivity contribution in [2.45, 2.75) is 56.9 Å². The number of sulfonamides is 1. The van der Waals surface area contributed by atoms with Gasteiger partial charge in [0, 0.05) is 12.6 Å². The predicted octanol–water partition coefficient (Wildman–Crippen LogP) is 3.37. The molecule has 1 heterocycles. The molecule has 0 unspecified atom stereocenters. The Bertz CT molecular complexity index is 520. The van der Waals surface area contributed by atoms with Crippen LogP contribution in [0.3, 0.4) is 0 Å². The Morgan fingerprint density at radius 2 is 1.79 bits per heavy atom. The summed E-state index contributed by atoms with van der Waals surface area (Å²) in [7, 11) is -3.32. The van der Waals surface area contributed by atoms with Crippen molar-refractivity contribution >= 4 is 10.0 Å². The lowest BCUT2D eigenvalue weighted by Gasteiger charge is -2.32. The van der Waals surface area contributed by atoms with Crippen molar-refractivity contribution in [1.29, 1.82) is 0 Å². The van der Waals surface area contributed by atoms with Gasteiger partial charge in [-0.15, -0.1) is 0 Å². The van der Waals surface area contributed by atoms with Crippen LogP contribution in [0.15, 0.2) is 29.2 Å². The molecular weight excluding hydrogens is 258 g/mol. The molecular formula is C15H23NO2S. The number of hydrogen-bond donors (Lipinski definition) is 0. The molecule has 1 aromatic rings. The second-order valence-electron chi connectivity index (χ2n) is 5.68. The monoisotopic (exact) mass is 281 g/mol. The number of rotatable bonds is 3. The molecule has 0 amide bonds. The molecule has 1 atom stereocenters. The summed E-state index contributed by atoms with van der Waals surface area (Å²) >= 11 is 0. The van der Waals surface area contributed by atoms with E-state index in [-0.39, 0.29) is 6.04 Å². The molecule has 1 saturated heterocycles. The lowest BCUT2D eigenvalue weighted by atomic mass is 10.0. The second kappa shape index (κ2) is 5.63. The van der Waals surface area contributed by atoms with Crippen molar-refractivity contribution < 1.29 is 8.42 Å². The van der Waals surface area contributed by atoms with Gasteiger partial charge in [-0.1, -0.05) is 32.4 Å². The third-order valence-electron chi connectivity index (χ3n) is 3.90. The average Bonchev–Trinajstić information content (AvgIpc) is 2.39. The van der Waals surface area contributed by atoms with E-state index in [1.54, 1.807) is 16.4 Å². The predicted molar refractivity (Wildman–Crippen MR) is 77.7 cm³/mol. The first kappa shape index (κ1) is 14.5. The van der Waals surface area contributed by atoms with E-state index >= 15 is 0 Å². The van der Waals surface area contributed by atoms with E-state index < -0.39 is 10.0 Å². The van der Waals surface area contributed by atoms with E-state index in [1.165, 1.54) is 5.56 Å². The maximum atomic E-state index is 12.6. The van der Waals surface area contributed by atoms with Gasteiger partial charge in [0.15, 0.2) is 0 Å². The Hall–Kier alpha value is -0.870. The molecule has 1 aliphatic rings. The van der Waals surface area contributed by atoms with Crippen LogP contribution in [0.2, 0.25) is 0 Å². The molecule has 4 heteroatoms. The summed E-state index contributed by atoms with van der Waals surface area (Å²) in [5, 5.41) is 0. The largest absolute Gasteiger partial charge is 0.243 e. The van der Waals surface area contributed by atoms with Gasteiger partial charge in [-0.3, -0.25) is 0 Å². The first-order valence-corrected chi connectivity index (χ1v) is 8.48. The van der Waals surface area contributed by atoms with Gasteiger partial charge in [-0.2, -0.15) is 4.31 Å². The Morgan fingerprint density at radius 1 is 1.16 bits per heavy atom. The third kappa shape index (κ3) is 3.00. The van der Waals surface area contributed by atoms with Gasteiger partial charge in [0.05, 0.1) is 4.90 Å². The van der Waals surface area contributed by atoms with Gasteiger partial charge < -0.3 is 0 Å². The number of piperidine rings is 1. The molecule has 0 bridgehead atoms. The van der Waals surface area contributed by atoms with Crippen molar-refractivity contribution in [2.24, 2.45) is 0 Å². The van der Waals surface area contributed by atoms with Crippen molar-refractivity contribution in [1.82, 2.24) is 4.31 Å². The van der Waals surface area contributed by atoms with E-state index in [0.717, 1.165) is 19.3 Å². The van der Waals surface area contributed by atoms with E-state index in [1.807, 2.05) is 19.1 Å². The summed E-state index contributed by atoms with van der Waals surface area (Å²) in [5.41, 5.74) is 1.17. The zero-order chi connectivity index (χ0) is 14.0. The molecule has 1 aliphatic heterocycles. The lowest BCUT2D eigenvalue weighted by Crippen LogP contribution is -2.41. The SMILES string of the molecule is CC(C)c1ccc(S(=O)(=O)N2CCCC[C@@H]2C)cc1. The van der Waals surface area contributed by atoms with E-state index in [4.69, 9.17) is 0 Å². The summed E-state index contributed by atoms with van der Waals surface area (Å²) < 4.78 is 26.9. The molecule has 1 aromatic carbocycles. The van der Waals surface area contributed by atoms with Crippen LogP contribution in [0.4, 0.5) is 0 Å². The van der Waals surface area contributed by atoms with Crippen molar-refractivity contribution in [3.63, 3.8) is 0 Å². The van der Waals surface area contributed by atoms with Gasteiger partial charge in [-0.05, 0) is 43.4 Å². The van der Waals surface area contributed by atoms with Crippen LogP contribution < -0.4 is 0 Å². The zero-order valence-electron chi connectivity index (χ0n) is 12.0. The molecule has 0 spiro atoms. The fraction of sp³-hybridized carbons (Fsp3) is 0.600. The third-order valence-corrected chi connectivity index (χ3v) is 5.92. The first-order valence-electron chi connectivity index (χ1n) is 7.04. The minimum atomic E-state index is -3.32. The number of benzene rings is 1. The van der Waals surface area contributed by atoms with Crippen LogP contribution in [0.25, 0.3) is 0 Å². The molecule has 0 aliphatic carbocycles. The maximum Gasteiger partial charge on any atom is 0.243 e. The van der Waals surface area contributed by atoms with Gasteiger partial charge in [0.25, 0.3) is 0 Å². The van der Waals surface area contributed by atoms with E-state index in [9.17, 15) is 8.42 Å². The van der Waals surface area contributed by atoms with Gasteiger partial charge in [-0.25, -0.2) is 8.42 Å². The Balaban J connectivity index is 2.28. The minimum absolute atomic E-state index is 0.114. The Morgan fingerprint density at radius 3 is 2.32 bits per heavy atom. The van der Waals surface area contributed by atoms with Crippen LogP contribution >= 0.6 is 0 Å². The van der Waals surface area contributed by atoms with Crippen LogP contribution in [0, 0.1) is 0 Å². The van der Waals surface area contributed by atoms with E-state index in [0.29, 0.717) is 17.4 Å². The molecule has 0 aromatic heterocycles. The van der Waals surface area contributed by atoms with Crippen molar-refractivity contribution in [2.75, 3.05) is 6.54 Å². The molecule has 1 fully saturated rings. The van der Waals surface area contributed by atoms with Crippen LogP contribution in [-0.4, -0.2) is 25.3 Å². The van der Waals surface area contributed by atoms with E-state index in [2.05, 4.69) is 13.8 Å². The second-order valence-corrected chi connectivity index (χ2v) is 7.57. The van der Waals surface area contributed by atoms with Crippen molar-refractivity contribution in [3.05, 3.63) is 29.8 Å². The average molecular weight is 281 g/mol. The molecule has 106 valence electrons. The Labute approximate surface area is 116 Å². The number of hydrogen-bond acceptors (Lipinski definition) is 2. The normalized spacial score (nSPS) is 21.8. The number of nitrogens with zero attached hydrogens (tertiary/aromatic N) is 1. The fourth-order valence-corrected chi connectivity index (χ4v) is 4.29. The molecule has 2 rings (SSSR count). The highest BCUT2D eigenvalue weighted by Crippen LogP contribution is 2.26. The van der Waals surface area contributed by atoms with Gasteiger partial charge in [0.2, 0.25) is 10.0 Å². The highest BCUT2D eigenvalue weighted by Gasteiger charge is 2.30. The fourth-order valence-electron chi connectivity index (χ4n) is 2.59. The van der Waals surface area contributed by atoms with Gasteiger partial charge >= 0.3 is 0 Å². The quantitative estimate of drug-likeness (QED) is 0.852. The highest BCUT2D eigenvalue weighted by molar-refractivity contribution is 7.89. The highest BCUT2D eigenvalue weighted by atomic mass is 32.2. The molecule has 0 N–H and O–H groups in total. The molecule has 3 nitrogen and oxygen atoms in total. The van der Waals surface area contributed by atoms with Crippen LogP contribution in [0.5, 0.6) is 0 Å². The minimum Gasteiger partial charge on any atom is -0.207 e. The summed E-state index contributed by atoms with van der Waals surface area (Å²) in [6, 6.07) is 7.44. The lowest BCUT2D eigenvalue weighted by molar-refractivity contribution is 0.268. The molecule has 0 radical (unpaired) electrons. The maximum absolute atomic E-state index is 12.6. The Kier molecular flexibility index (Phi) is 4.31. The van der Waals surface area contributed by atoms with Crippen LogP contribution in [0.1, 0.15) is 51.5 Å².